The van der Waals surface area contributed by atoms with Crippen LogP contribution in [0.2, 0.25) is 0 Å². The Labute approximate surface area is 159 Å². The number of likely N-dealkylation sites (tertiary alicyclic amines) is 1. The molecule has 1 saturated heterocycles. The molecule has 142 valence electrons. The SMILES string of the molecule is CN(C)c1ncc(-c2cncnc2)c(C2CCN(C(=O)C3CCC3)CC2)n1. The minimum atomic E-state index is 0.276. The van der Waals surface area contributed by atoms with E-state index in [0.29, 0.717) is 17.8 Å². The maximum absolute atomic E-state index is 12.5. The number of hydrogen-bond donors (Lipinski definition) is 0. The van der Waals surface area contributed by atoms with Crippen LogP contribution in [-0.2, 0) is 4.79 Å². The number of piperidine rings is 1. The summed E-state index contributed by atoms with van der Waals surface area (Å²) >= 11 is 0. The van der Waals surface area contributed by atoms with E-state index < -0.39 is 0 Å². The van der Waals surface area contributed by atoms with Crippen molar-refractivity contribution in [2.75, 3.05) is 32.1 Å². The van der Waals surface area contributed by atoms with Crippen LogP contribution < -0.4 is 4.90 Å². The van der Waals surface area contributed by atoms with Gasteiger partial charge in [0.1, 0.15) is 6.33 Å². The summed E-state index contributed by atoms with van der Waals surface area (Å²) in [5.41, 5.74) is 2.97. The molecule has 7 heteroatoms. The lowest BCUT2D eigenvalue weighted by molar-refractivity contribution is -0.139. The quantitative estimate of drug-likeness (QED) is 0.828. The third-order valence-electron chi connectivity index (χ3n) is 5.72. The minimum absolute atomic E-state index is 0.276. The van der Waals surface area contributed by atoms with Crippen LogP contribution in [0.25, 0.3) is 11.1 Å². The lowest BCUT2D eigenvalue weighted by Crippen LogP contribution is -2.43. The Kier molecular flexibility index (Phi) is 5.01. The summed E-state index contributed by atoms with van der Waals surface area (Å²) < 4.78 is 0. The maximum atomic E-state index is 12.5. The van der Waals surface area contributed by atoms with Gasteiger partial charge < -0.3 is 9.80 Å². The molecule has 1 saturated carbocycles. The Bertz CT molecular complexity index is 797. The van der Waals surface area contributed by atoms with E-state index in [-0.39, 0.29) is 5.92 Å². The summed E-state index contributed by atoms with van der Waals surface area (Å²) in [6.45, 7) is 1.62. The van der Waals surface area contributed by atoms with Crippen molar-refractivity contribution < 1.29 is 4.79 Å². The number of carbonyl (C=O) groups excluding carboxylic acids is 1. The first-order valence-corrected chi connectivity index (χ1v) is 9.72. The summed E-state index contributed by atoms with van der Waals surface area (Å²) in [6.07, 6.45) is 12.2. The van der Waals surface area contributed by atoms with Crippen LogP contribution in [0.15, 0.2) is 24.9 Å². The third kappa shape index (κ3) is 3.63. The lowest BCUT2D eigenvalue weighted by Gasteiger charge is -2.36. The summed E-state index contributed by atoms with van der Waals surface area (Å²) in [6, 6.07) is 0. The molecule has 0 aromatic carbocycles. The zero-order valence-electron chi connectivity index (χ0n) is 16.0. The molecule has 1 aliphatic heterocycles. The van der Waals surface area contributed by atoms with Gasteiger partial charge in [0.2, 0.25) is 11.9 Å². The Morgan fingerprint density at radius 2 is 1.78 bits per heavy atom. The molecule has 2 fully saturated rings. The maximum Gasteiger partial charge on any atom is 0.225 e. The first kappa shape index (κ1) is 17.8. The highest BCUT2D eigenvalue weighted by molar-refractivity contribution is 5.79. The number of carbonyl (C=O) groups is 1. The number of nitrogens with zero attached hydrogens (tertiary/aromatic N) is 6. The van der Waals surface area contributed by atoms with E-state index in [4.69, 9.17) is 4.98 Å². The van der Waals surface area contributed by atoms with Gasteiger partial charge in [0.05, 0.1) is 5.69 Å². The number of anilines is 1. The fraction of sp³-hybridized carbons (Fsp3) is 0.550. The highest BCUT2D eigenvalue weighted by Crippen LogP contribution is 2.36. The van der Waals surface area contributed by atoms with Gasteiger partial charge in [-0.3, -0.25) is 4.79 Å². The predicted octanol–water partition coefficient (Wildman–Crippen LogP) is 2.51. The van der Waals surface area contributed by atoms with Crippen LogP contribution in [0, 0.1) is 5.92 Å². The number of rotatable bonds is 4. The normalized spacial score (nSPS) is 18.2. The van der Waals surface area contributed by atoms with Crippen LogP contribution in [0.4, 0.5) is 5.95 Å². The molecule has 2 aromatic heterocycles. The van der Waals surface area contributed by atoms with Crippen molar-refractivity contribution in [3.05, 3.63) is 30.6 Å². The Balaban J connectivity index is 1.57. The van der Waals surface area contributed by atoms with Gasteiger partial charge >= 0.3 is 0 Å². The van der Waals surface area contributed by atoms with Gasteiger partial charge in [0.25, 0.3) is 0 Å². The van der Waals surface area contributed by atoms with Crippen molar-refractivity contribution in [2.24, 2.45) is 5.92 Å². The van der Waals surface area contributed by atoms with Crippen LogP contribution in [0.1, 0.15) is 43.7 Å². The Morgan fingerprint density at radius 1 is 1.07 bits per heavy atom. The van der Waals surface area contributed by atoms with E-state index in [1.165, 1.54) is 12.7 Å². The molecule has 0 unspecified atom stereocenters. The van der Waals surface area contributed by atoms with Gasteiger partial charge in [-0.05, 0) is 25.7 Å². The molecule has 2 aromatic rings. The van der Waals surface area contributed by atoms with Crippen LogP contribution in [-0.4, -0.2) is 57.9 Å². The average molecular weight is 366 g/mol. The second-order valence-corrected chi connectivity index (χ2v) is 7.72. The molecule has 2 aliphatic rings. The lowest BCUT2D eigenvalue weighted by atomic mass is 9.83. The second kappa shape index (κ2) is 7.58. The Hall–Kier alpha value is -2.57. The average Bonchev–Trinajstić information content (AvgIpc) is 2.67. The van der Waals surface area contributed by atoms with E-state index in [1.54, 1.807) is 12.4 Å². The highest BCUT2D eigenvalue weighted by atomic mass is 16.2. The largest absolute Gasteiger partial charge is 0.347 e. The first-order valence-electron chi connectivity index (χ1n) is 9.72. The van der Waals surface area contributed by atoms with Gasteiger partial charge in [-0.2, -0.15) is 0 Å². The van der Waals surface area contributed by atoms with Gasteiger partial charge in [-0.1, -0.05) is 6.42 Å². The molecule has 3 heterocycles. The highest BCUT2D eigenvalue weighted by Gasteiger charge is 2.33. The smallest absolute Gasteiger partial charge is 0.225 e. The standard InChI is InChI=1S/C20H26N6O/c1-25(2)20-23-12-17(16-10-21-13-22-11-16)18(24-20)14-6-8-26(9-7-14)19(27)15-4-3-5-15/h10-15H,3-9H2,1-2H3. The van der Waals surface area contributed by atoms with E-state index in [0.717, 1.165) is 55.6 Å². The van der Waals surface area contributed by atoms with E-state index in [9.17, 15) is 4.79 Å². The van der Waals surface area contributed by atoms with Gasteiger partial charge in [0, 0.05) is 68.7 Å². The number of hydrogen-bond acceptors (Lipinski definition) is 6. The summed E-state index contributed by atoms with van der Waals surface area (Å²) in [4.78, 5) is 34.1. The molecule has 0 radical (unpaired) electrons. The van der Waals surface area contributed by atoms with E-state index in [1.807, 2.05) is 25.2 Å². The molecule has 0 atom stereocenters. The summed E-state index contributed by atoms with van der Waals surface area (Å²) in [5.74, 6) is 1.65. The van der Waals surface area contributed by atoms with Gasteiger partial charge in [-0.25, -0.2) is 19.9 Å². The molecule has 0 N–H and O–H groups in total. The van der Waals surface area contributed by atoms with Crippen LogP contribution >= 0.6 is 0 Å². The molecule has 0 spiro atoms. The topological polar surface area (TPSA) is 75.1 Å². The van der Waals surface area contributed by atoms with Crippen molar-refractivity contribution in [1.29, 1.82) is 0 Å². The van der Waals surface area contributed by atoms with E-state index in [2.05, 4.69) is 19.9 Å². The van der Waals surface area contributed by atoms with E-state index >= 15 is 0 Å². The molecule has 1 amide bonds. The fourth-order valence-electron chi connectivity index (χ4n) is 3.86. The van der Waals surface area contributed by atoms with Crippen molar-refractivity contribution >= 4 is 11.9 Å². The van der Waals surface area contributed by atoms with Crippen molar-refractivity contribution in [3.8, 4) is 11.1 Å². The molecule has 0 bridgehead atoms. The zero-order chi connectivity index (χ0) is 18.8. The second-order valence-electron chi connectivity index (χ2n) is 7.72. The Morgan fingerprint density at radius 3 is 2.37 bits per heavy atom. The summed E-state index contributed by atoms with van der Waals surface area (Å²) in [7, 11) is 3.90. The van der Waals surface area contributed by atoms with Crippen LogP contribution in [0.3, 0.4) is 0 Å². The van der Waals surface area contributed by atoms with Crippen LogP contribution in [0.5, 0.6) is 0 Å². The van der Waals surface area contributed by atoms with Crippen molar-refractivity contribution in [3.63, 3.8) is 0 Å². The molecule has 7 nitrogen and oxygen atoms in total. The minimum Gasteiger partial charge on any atom is -0.347 e. The van der Waals surface area contributed by atoms with Gasteiger partial charge in [-0.15, -0.1) is 0 Å². The molecule has 4 rings (SSSR count). The van der Waals surface area contributed by atoms with Crippen molar-refractivity contribution in [2.45, 2.75) is 38.0 Å². The fourth-order valence-corrected chi connectivity index (χ4v) is 3.86. The number of amides is 1. The predicted molar refractivity (Wildman–Crippen MR) is 103 cm³/mol. The summed E-state index contributed by atoms with van der Waals surface area (Å²) in [5, 5.41) is 0. The molecule has 1 aliphatic carbocycles. The first-order chi connectivity index (χ1) is 13.1. The zero-order valence-corrected chi connectivity index (χ0v) is 16.0. The molecule has 27 heavy (non-hydrogen) atoms. The molecular weight excluding hydrogens is 340 g/mol. The van der Waals surface area contributed by atoms with Gasteiger partial charge in [0.15, 0.2) is 0 Å². The monoisotopic (exact) mass is 366 g/mol. The number of aromatic nitrogens is 4. The van der Waals surface area contributed by atoms with Crippen molar-refractivity contribution in [1.82, 2.24) is 24.8 Å². The molecular formula is C20H26N6O. The third-order valence-corrected chi connectivity index (χ3v) is 5.72.